The Kier molecular flexibility index (Phi) is 2.99. The number of hydrogen-bond donors (Lipinski definition) is 1. The third kappa shape index (κ3) is 2.03. The molecule has 0 aromatic carbocycles. The van der Waals surface area contributed by atoms with Crippen LogP contribution in [0, 0.1) is 5.92 Å². The van der Waals surface area contributed by atoms with Crippen LogP contribution in [-0.4, -0.2) is 42.8 Å². The SMILES string of the molecule is O=C1NCC2(CCCCC2)N1CC1CCOC1. The standard InChI is InChI=1S/C13H22N2O2/c16-12-14-10-13(5-2-1-3-6-13)15(12)8-11-4-7-17-9-11/h11H,1-10H2,(H,14,16). The van der Waals surface area contributed by atoms with Gasteiger partial charge >= 0.3 is 6.03 Å². The van der Waals surface area contributed by atoms with Gasteiger partial charge in [-0.25, -0.2) is 4.79 Å². The monoisotopic (exact) mass is 238 g/mol. The second kappa shape index (κ2) is 4.48. The zero-order valence-electron chi connectivity index (χ0n) is 10.4. The average molecular weight is 238 g/mol. The van der Waals surface area contributed by atoms with E-state index in [1.165, 1.54) is 32.1 Å². The van der Waals surface area contributed by atoms with Gasteiger partial charge in [0.2, 0.25) is 0 Å². The molecule has 2 saturated heterocycles. The van der Waals surface area contributed by atoms with Crippen LogP contribution in [0.2, 0.25) is 0 Å². The molecule has 2 amide bonds. The summed E-state index contributed by atoms with van der Waals surface area (Å²) in [6.07, 6.45) is 7.34. The lowest BCUT2D eigenvalue weighted by Crippen LogP contribution is -2.50. The van der Waals surface area contributed by atoms with Crippen molar-refractivity contribution in [3.05, 3.63) is 0 Å². The molecule has 1 unspecified atom stereocenters. The van der Waals surface area contributed by atoms with Crippen LogP contribution in [0.5, 0.6) is 0 Å². The first-order valence-corrected chi connectivity index (χ1v) is 6.93. The highest BCUT2D eigenvalue weighted by molar-refractivity contribution is 5.78. The van der Waals surface area contributed by atoms with Crippen LogP contribution >= 0.6 is 0 Å². The number of ether oxygens (including phenoxy) is 1. The molecule has 3 aliphatic rings. The molecule has 0 bridgehead atoms. The lowest BCUT2D eigenvalue weighted by atomic mass is 9.81. The van der Waals surface area contributed by atoms with Crippen molar-refractivity contribution in [1.82, 2.24) is 10.2 Å². The van der Waals surface area contributed by atoms with E-state index in [-0.39, 0.29) is 11.6 Å². The van der Waals surface area contributed by atoms with Crippen molar-refractivity contribution in [2.24, 2.45) is 5.92 Å². The van der Waals surface area contributed by atoms with E-state index in [0.29, 0.717) is 5.92 Å². The summed E-state index contributed by atoms with van der Waals surface area (Å²) in [5.74, 6) is 0.553. The number of urea groups is 1. The van der Waals surface area contributed by atoms with Gasteiger partial charge in [0.15, 0.2) is 0 Å². The van der Waals surface area contributed by atoms with Gasteiger partial charge in [0.25, 0.3) is 0 Å². The Morgan fingerprint density at radius 3 is 2.88 bits per heavy atom. The third-order valence-electron chi connectivity index (χ3n) is 4.64. The van der Waals surface area contributed by atoms with Crippen LogP contribution < -0.4 is 5.32 Å². The van der Waals surface area contributed by atoms with Gasteiger partial charge in [-0.05, 0) is 19.3 Å². The molecular formula is C13H22N2O2. The maximum atomic E-state index is 12.0. The number of hydrogen-bond acceptors (Lipinski definition) is 2. The predicted molar refractivity (Wildman–Crippen MR) is 64.8 cm³/mol. The highest BCUT2D eigenvalue weighted by atomic mass is 16.5. The fraction of sp³-hybridized carbons (Fsp3) is 0.923. The van der Waals surface area contributed by atoms with Crippen molar-refractivity contribution in [3.63, 3.8) is 0 Å². The molecule has 2 aliphatic heterocycles. The summed E-state index contributed by atoms with van der Waals surface area (Å²) in [6, 6.07) is 0.152. The fourth-order valence-corrected chi connectivity index (χ4v) is 3.57. The van der Waals surface area contributed by atoms with Crippen LogP contribution in [-0.2, 0) is 4.74 Å². The highest BCUT2D eigenvalue weighted by Crippen LogP contribution is 2.37. The summed E-state index contributed by atoms with van der Waals surface area (Å²) in [7, 11) is 0. The Labute approximate surface area is 103 Å². The summed E-state index contributed by atoms with van der Waals surface area (Å²) < 4.78 is 5.42. The zero-order valence-corrected chi connectivity index (χ0v) is 10.4. The van der Waals surface area contributed by atoms with Gasteiger partial charge in [0.05, 0.1) is 12.1 Å². The largest absolute Gasteiger partial charge is 0.381 e. The molecule has 0 aromatic rings. The maximum Gasteiger partial charge on any atom is 0.318 e. The van der Waals surface area contributed by atoms with Gasteiger partial charge in [-0.2, -0.15) is 0 Å². The first-order chi connectivity index (χ1) is 8.30. The zero-order chi connectivity index (χ0) is 11.7. The topological polar surface area (TPSA) is 41.6 Å². The first-order valence-electron chi connectivity index (χ1n) is 6.93. The predicted octanol–water partition coefficient (Wildman–Crippen LogP) is 1.75. The number of carbonyl (C=O) groups excluding carboxylic acids is 1. The molecule has 1 saturated carbocycles. The van der Waals surface area contributed by atoms with Crippen molar-refractivity contribution < 1.29 is 9.53 Å². The van der Waals surface area contributed by atoms with Crippen molar-refractivity contribution in [2.75, 3.05) is 26.3 Å². The van der Waals surface area contributed by atoms with E-state index in [1.54, 1.807) is 0 Å². The van der Waals surface area contributed by atoms with Gasteiger partial charge in [-0.15, -0.1) is 0 Å². The number of nitrogens with one attached hydrogen (secondary N) is 1. The minimum absolute atomic E-state index is 0.137. The van der Waals surface area contributed by atoms with Crippen LogP contribution in [0.15, 0.2) is 0 Å². The lowest BCUT2D eigenvalue weighted by Gasteiger charge is -2.41. The summed E-state index contributed by atoms with van der Waals surface area (Å²) in [5.41, 5.74) is 0.137. The normalized spacial score (nSPS) is 32.1. The first kappa shape index (κ1) is 11.3. The van der Waals surface area contributed by atoms with Gasteiger partial charge in [-0.3, -0.25) is 0 Å². The molecule has 3 rings (SSSR count). The Morgan fingerprint density at radius 1 is 1.35 bits per heavy atom. The molecule has 96 valence electrons. The number of rotatable bonds is 2. The molecule has 1 spiro atoms. The summed E-state index contributed by atoms with van der Waals surface area (Å²) in [4.78, 5) is 14.1. The fourth-order valence-electron chi connectivity index (χ4n) is 3.57. The Bertz CT molecular complexity index is 294. The van der Waals surface area contributed by atoms with Crippen LogP contribution in [0.25, 0.3) is 0 Å². The summed E-state index contributed by atoms with van der Waals surface area (Å²) >= 11 is 0. The number of amides is 2. The molecule has 1 aliphatic carbocycles. The van der Waals surface area contributed by atoms with E-state index in [4.69, 9.17) is 4.74 Å². The van der Waals surface area contributed by atoms with Gasteiger partial charge in [-0.1, -0.05) is 19.3 Å². The van der Waals surface area contributed by atoms with Crippen molar-refractivity contribution in [3.8, 4) is 0 Å². The van der Waals surface area contributed by atoms with Crippen molar-refractivity contribution in [2.45, 2.75) is 44.1 Å². The van der Waals surface area contributed by atoms with Crippen LogP contribution in [0.3, 0.4) is 0 Å². The lowest BCUT2D eigenvalue weighted by molar-refractivity contribution is 0.0991. The molecular weight excluding hydrogens is 216 g/mol. The second-order valence-corrected chi connectivity index (χ2v) is 5.78. The summed E-state index contributed by atoms with van der Waals surface area (Å²) in [5, 5.41) is 3.05. The summed E-state index contributed by atoms with van der Waals surface area (Å²) in [6.45, 7) is 3.46. The van der Waals surface area contributed by atoms with E-state index in [2.05, 4.69) is 10.2 Å². The van der Waals surface area contributed by atoms with Crippen molar-refractivity contribution >= 4 is 6.03 Å². The molecule has 1 N–H and O–H groups in total. The molecule has 4 nitrogen and oxygen atoms in total. The molecule has 3 fully saturated rings. The van der Waals surface area contributed by atoms with Crippen LogP contribution in [0.4, 0.5) is 4.79 Å². The van der Waals surface area contributed by atoms with Gasteiger partial charge < -0.3 is 15.0 Å². The maximum absolute atomic E-state index is 12.0. The minimum atomic E-state index is 0.137. The minimum Gasteiger partial charge on any atom is -0.381 e. The third-order valence-corrected chi connectivity index (χ3v) is 4.64. The molecule has 0 radical (unpaired) electrons. The van der Waals surface area contributed by atoms with Gasteiger partial charge in [0, 0.05) is 25.6 Å². The van der Waals surface area contributed by atoms with E-state index in [9.17, 15) is 4.79 Å². The van der Waals surface area contributed by atoms with E-state index >= 15 is 0 Å². The van der Waals surface area contributed by atoms with Crippen molar-refractivity contribution in [1.29, 1.82) is 0 Å². The van der Waals surface area contributed by atoms with E-state index < -0.39 is 0 Å². The molecule has 1 atom stereocenters. The van der Waals surface area contributed by atoms with E-state index in [1.807, 2.05) is 0 Å². The average Bonchev–Trinajstić information content (AvgIpc) is 2.95. The number of nitrogens with zero attached hydrogens (tertiary/aromatic N) is 1. The molecule has 0 aromatic heterocycles. The Hall–Kier alpha value is -0.770. The smallest absolute Gasteiger partial charge is 0.318 e. The highest BCUT2D eigenvalue weighted by Gasteiger charge is 2.46. The Morgan fingerprint density at radius 2 is 2.18 bits per heavy atom. The second-order valence-electron chi connectivity index (χ2n) is 5.78. The quantitative estimate of drug-likeness (QED) is 0.796. The Balaban J connectivity index is 1.71. The molecule has 17 heavy (non-hydrogen) atoms. The molecule has 2 heterocycles. The van der Waals surface area contributed by atoms with Crippen LogP contribution in [0.1, 0.15) is 38.5 Å². The van der Waals surface area contributed by atoms with Gasteiger partial charge in [0.1, 0.15) is 0 Å². The number of carbonyl (C=O) groups is 1. The van der Waals surface area contributed by atoms with E-state index in [0.717, 1.165) is 32.7 Å². The molecule has 4 heteroatoms.